The number of ether oxygens (including phenoxy) is 2. The first-order valence-corrected chi connectivity index (χ1v) is 9.08. The summed E-state index contributed by atoms with van der Waals surface area (Å²) < 4.78 is 11.6. The fourth-order valence-corrected chi connectivity index (χ4v) is 3.63. The third-order valence-electron chi connectivity index (χ3n) is 5.37. The molecule has 5 nitrogen and oxygen atoms in total. The first-order valence-electron chi connectivity index (χ1n) is 9.08. The van der Waals surface area contributed by atoms with E-state index in [0.29, 0.717) is 12.2 Å². The molecule has 2 unspecified atom stereocenters. The van der Waals surface area contributed by atoms with Crippen molar-refractivity contribution in [1.29, 1.82) is 0 Å². The molecule has 2 aliphatic rings. The van der Waals surface area contributed by atoms with E-state index in [-0.39, 0.29) is 12.0 Å². The molecule has 0 radical (unpaired) electrons. The lowest BCUT2D eigenvalue weighted by Crippen LogP contribution is -2.53. The minimum atomic E-state index is -0.644. The summed E-state index contributed by atoms with van der Waals surface area (Å²) in [7, 11) is 1.82. The van der Waals surface area contributed by atoms with Gasteiger partial charge >= 0.3 is 0 Å². The Kier molecular flexibility index (Phi) is 4.32. The highest BCUT2D eigenvalue weighted by molar-refractivity contribution is 6.02. The Bertz CT molecular complexity index is 816. The monoisotopic (exact) mass is 352 g/mol. The van der Waals surface area contributed by atoms with Crippen molar-refractivity contribution < 1.29 is 14.3 Å². The molecule has 4 rings (SSSR count). The van der Waals surface area contributed by atoms with Gasteiger partial charge in [0, 0.05) is 24.9 Å². The molecule has 136 valence electrons. The van der Waals surface area contributed by atoms with Crippen molar-refractivity contribution in [2.75, 3.05) is 25.6 Å². The SMILES string of the molecule is CN1C(=O)c2ccccc2NC1(C)c1cccc(OCC2CCCO2)c1. The van der Waals surface area contributed by atoms with E-state index >= 15 is 0 Å². The van der Waals surface area contributed by atoms with Crippen molar-refractivity contribution in [1.82, 2.24) is 4.90 Å². The predicted octanol–water partition coefficient (Wildman–Crippen LogP) is 3.61. The third-order valence-corrected chi connectivity index (χ3v) is 5.37. The second-order valence-corrected chi connectivity index (χ2v) is 7.08. The molecule has 0 bridgehead atoms. The molecule has 1 amide bonds. The number of amides is 1. The molecule has 2 aromatic rings. The number of hydrogen-bond acceptors (Lipinski definition) is 4. The highest BCUT2D eigenvalue weighted by atomic mass is 16.5. The van der Waals surface area contributed by atoms with Gasteiger partial charge < -0.3 is 19.7 Å². The number of nitrogens with zero attached hydrogens (tertiary/aromatic N) is 1. The largest absolute Gasteiger partial charge is 0.491 e. The van der Waals surface area contributed by atoms with E-state index in [1.54, 1.807) is 4.90 Å². The summed E-state index contributed by atoms with van der Waals surface area (Å²) in [6.07, 6.45) is 2.33. The van der Waals surface area contributed by atoms with Gasteiger partial charge in [0.25, 0.3) is 5.91 Å². The molecule has 0 spiro atoms. The maximum absolute atomic E-state index is 12.8. The number of anilines is 1. The van der Waals surface area contributed by atoms with E-state index in [4.69, 9.17) is 9.47 Å². The Morgan fingerprint density at radius 3 is 2.92 bits per heavy atom. The average Bonchev–Trinajstić information content (AvgIpc) is 3.18. The Balaban J connectivity index is 1.60. The van der Waals surface area contributed by atoms with Gasteiger partial charge in [-0.3, -0.25) is 4.79 Å². The van der Waals surface area contributed by atoms with Gasteiger partial charge in [-0.1, -0.05) is 24.3 Å². The van der Waals surface area contributed by atoms with E-state index in [1.807, 2.05) is 62.5 Å². The van der Waals surface area contributed by atoms with Crippen molar-refractivity contribution in [3.05, 3.63) is 59.7 Å². The van der Waals surface area contributed by atoms with Crippen LogP contribution in [0.25, 0.3) is 0 Å². The van der Waals surface area contributed by atoms with Crippen LogP contribution in [0, 0.1) is 0 Å². The first-order chi connectivity index (χ1) is 12.6. The summed E-state index contributed by atoms with van der Waals surface area (Å²) in [6, 6.07) is 15.5. The molecule has 2 aromatic carbocycles. The molecule has 5 heteroatoms. The van der Waals surface area contributed by atoms with Crippen LogP contribution in [0.15, 0.2) is 48.5 Å². The number of nitrogens with one attached hydrogen (secondary N) is 1. The zero-order valence-electron chi connectivity index (χ0n) is 15.2. The van der Waals surface area contributed by atoms with E-state index in [9.17, 15) is 4.79 Å². The van der Waals surface area contributed by atoms with Crippen LogP contribution < -0.4 is 10.1 Å². The second kappa shape index (κ2) is 6.65. The maximum atomic E-state index is 12.8. The van der Waals surface area contributed by atoms with Crippen LogP contribution in [0.1, 0.15) is 35.7 Å². The fourth-order valence-electron chi connectivity index (χ4n) is 3.63. The number of para-hydroxylation sites is 1. The van der Waals surface area contributed by atoms with Crippen molar-refractivity contribution in [2.45, 2.75) is 31.5 Å². The topological polar surface area (TPSA) is 50.8 Å². The molecule has 2 aliphatic heterocycles. The Labute approximate surface area is 153 Å². The van der Waals surface area contributed by atoms with Crippen molar-refractivity contribution >= 4 is 11.6 Å². The normalized spacial score (nSPS) is 24.9. The summed E-state index contributed by atoms with van der Waals surface area (Å²) in [4.78, 5) is 14.6. The van der Waals surface area contributed by atoms with Crippen LogP contribution in [0.2, 0.25) is 0 Å². The molecule has 0 aliphatic carbocycles. The van der Waals surface area contributed by atoms with Gasteiger partial charge in [0.2, 0.25) is 0 Å². The Morgan fingerprint density at radius 2 is 2.12 bits per heavy atom. The lowest BCUT2D eigenvalue weighted by Gasteiger charge is -2.44. The number of carbonyl (C=O) groups is 1. The molecule has 1 saturated heterocycles. The predicted molar refractivity (Wildman–Crippen MR) is 100 cm³/mol. The molecule has 1 N–H and O–H groups in total. The fraction of sp³-hybridized carbons (Fsp3) is 0.381. The lowest BCUT2D eigenvalue weighted by molar-refractivity contribution is 0.0612. The standard InChI is InChI=1S/C21H24N2O3/c1-21(22-19-11-4-3-10-18(19)20(24)23(21)2)15-7-5-8-16(13-15)26-14-17-9-6-12-25-17/h3-5,7-8,10-11,13,17,22H,6,9,12,14H2,1-2H3. The Morgan fingerprint density at radius 1 is 1.27 bits per heavy atom. The molecule has 26 heavy (non-hydrogen) atoms. The zero-order chi connectivity index (χ0) is 18.1. The zero-order valence-corrected chi connectivity index (χ0v) is 15.2. The highest BCUT2D eigenvalue weighted by Crippen LogP contribution is 2.37. The molecular formula is C21H24N2O3. The Hall–Kier alpha value is -2.53. The van der Waals surface area contributed by atoms with Crippen molar-refractivity contribution in [3.63, 3.8) is 0 Å². The molecule has 0 aromatic heterocycles. The minimum absolute atomic E-state index is 0.00697. The molecule has 0 saturated carbocycles. The summed E-state index contributed by atoms with van der Waals surface area (Å²) >= 11 is 0. The van der Waals surface area contributed by atoms with Crippen LogP contribution in [-0.2, 0) is 10.4 Å². The molecular weight excluding hydrogens is 328 g/mol. The van der Waals surface area contributed by atoms with Crippen molar-refractivity contribution in [2.24, 2.45) is 0 Å². The summed E-state index contributed by atoms with van der Waals surface area (Å²) in [5.41, 5.74) is 1.88. The van der Waals surface area contributed by atoms with E-state index in [0.717, 1.165) is 36.4 Å². The lowest BCUT2D eigenvalue weighted by atomic mass is 9.94. The second-order valence-electron chi connectivity index (χ2n) is 7.08. The summed E-state index contributed by atoms with van der Waals surface area (Å²) in [6.45, 7) is 3.40. The number of hydrogen-bond donors (Lipinski definition) is 1. The van der Waals surface area contributed by atoms with Crippen molar-refractivity contribution in [3.8, 4) is 5.75 Å². The van der Waals surface area contributed by atoms with Crippen LogP contribution in [0.3, 0.4) is 0 Å². The van der Waals surface area contributed by atoms with Crippen LogP contribution in [0.4, 0.5) is 5.69 Å². The van der Waals surface area contributed by atoms with Gasteiger partial charge in [-0.15, -0.1) is 0 Å². The summed E-state index contributed by atoms with van der Waals surface area (Å²) in [5.74, 6) is 0.799. The van der Waals surface area contributed by atoms with Gasteiger partial charge in [-0.2, -0.15) is 0 Å². The smallest absolute Gasteiger partial charge is 0.257 e. The van der Waals surface area contributed by atoms with Crippen LogP contribution in [-0.4, -0.2) is 37.2 Å². The minimum Gasteiger partial charge on any atom is -0.491 e. The van der Waals surface area contributed by atoms with Crippen LogP contribution >= 0.6 is 0 Å². The molecule has 1 fully saturated rings. The molecule has 2 atom stereocenters. The number of carbonyl (C=O) groups excluding carboxylic acids is 1. The van der Waals surface area contributed by atoms with Gasteiger partial charge in [-0.25, -0.2) is 0 Å². The first kappa shape index (κ1) is 16.9. The van der Waals surface area contributed by atoms with E-state index in [1.165, 1.54) is 0 Å². The molecule has 2 heterocycles. The van der Waals surface area contributed by atoms with Gasteiger partial charge in [0.15, 0.2) is 0 Å². The van der Waals surface area contributed by atoms with Gasteiger partial charge in [0.05, 0.1) is 11.7 Å². The van der Waals surface area contributed by atoms with Gasteiger partial charge in [-0.05, 0) is 44.0 Å². The quantitative estimate of drug-likeness (QED) is 0.913. The van der Waals surface area contributed by atoms with E-state index in [2.05, 4.69) is 5.32 Å². The third kappa shape index (κ3) is 2.92. The van der Waals surface area contributed by atoms with E-state index < -0.39 is 5.66 Å². The van der Waals surface area contributed by atoms with Crippen LogP contribution in [0.5, 0.6) is 5.75 Å². The summed E-state index contributed by atoms with van der Waals surface area (Å²) in [5, 5.41) is 3.52. The van der Waals surface area contributed by atoms with Gasteiger partial charge in [0.1, 0.15) is 18.0 Å². The number of benzene rings is 2. The number of rotatable bonds is 4. The highest BCUT2D eigenvalue weighted by Gasteiger charge is 2.40. The number of fused-ring (bicyclic) bond motifs is 1. The average molecular weight is 352 g/mol. The maximum Gasteiger partial charge on any atom is 0.257 e.